The summed E-state index contributed by atoms with van der Waals surface area (Å²) in [6, 6.07) is 8.24. The van der Waals surface area contributed by atoms with Gasteiger partial charge in [-0.2, -0.15) is 0 Å². The summed E-state index contributed by atoms with van der Waals surface area (Å²) in [5, 5.41) is 2.43. The zero-order valence-electron chi connectivity index (χ0n) is 16.2. The maximum absolute atomic E-state index is 13.0. The lowest BCUT2D eigenvalue weighted by Gasteiger charge is -2.28. The number of benzene rings is 1. The summed E-state index contributed by atoms with van der Waals surface area (Å²) in [7, 11) is -4.04. The van der Waals surface area contributed by atoms with Crippen molar-refractivity contribution in [2.24, 2.45) is 0 Å². The summed E-state index contributed by atoms with van der Waals surface area (Å²) in [6.45, 7) is 1.28. The maximum Gasteiger partial charge on any atom is 0.256 e. The molecule has 0 bridgehead atoms. The van der Waals surface area contributed by atoms with Crippen molar-refractivity contribution >= 4 is 27.5 Å². The van der Waals surface area contributed by atoms with E-state index < -0.39 is 34.4 Å². The van der Waals surface area contributed by atoms with Crippen LogP contribution in [0.1, 0.15) is 28.0 Å². The first-order chi connectivity index (χ1) is 14.1. The van der Waals surface area contributed by atoms with E-state index in [4.69, 9.17) is 16.3 Å². The summed E-state index contributed by atoms with van der Waals surface area (Å²) in [5.74, 6) is -0.773. The van der Waals surface area contributed by atoms with E-state index in [1.54, 1.807) is 12.1 Å². The Hall–Kier alpha value is -2.01. The van der Waals surface area contributed by atoms with Gasteiger partial charge in [-0.15, -0.1) is 0 Å². The normalized spacial score (nSPS) is 19.4. The Morgan fingerprint density at radius 3 is 2.63 bits per heavy atom. The van der Waals surface area contributed by atoms with E-state index in [2.05, 4.69) is 15.0 Å². The highest BCUT2D eigenvalue weighted by Gasteiger charge is 2.40. The molecule has 1 aromatic heterocycles. The number of aromatic nitrogens is 1. The summed E-state index contributed by atoms with van der Waals surface area (Å²) in [4.78, 5) is 14.7. The lowest BCUT2D eigenvalue weighted by Crippen LogP contribution is -2.50. The number of halogens is 3. The minimum Gasteiger partial charge on any atom is -0.379 e. The number of ether oxygens (including phenoxy) is 1. The van der Waals surface area contributed by atoms with E-state index in [-0.39, 0.29) is 22.9 Å². The first-order valence-electron chi connectivity index (χ1n) is 9.22. The van der Waals surface area contributed by atoms with Gasteiger partial charge in [-0.3, -0.25) is 4.79 Å². The Bertz CT molecular complexity index is 1000. The number of aryl methyl sites for hydroxylation is 1. The van der Waals surface area contributed by atoms with Crippen LogP contribution in [0.4, 0.5) is 8.78 Å². The highest BCUT2D eigenvalue weighted by molar-refractivity contribution is 7.89. The van der Waals surface area contributed by atoms with Crippen LogP contribution in [0, 0.1) is 6.92 Å². The van der Waals surface area contributed by atoms with Crippen LogP contribution in [-0.4, -0.2) is 51.0 Å². The highest BCUT2D eigenvalue weighted by atomic mass is 35.5. The summed E-state index contributed by atoms with van der Waals surface area (Å²) >= 11 is 5.92. The van der Waals surface area contributed by atoms with Crippen LogP contribution >= 0.6 is 11.6 Å². The van der Waals surface area contributed by atoms with Crippen molar-refractivity contribution < 1.29 is 26.7 Å². The number of aromatic amines is 1. The molecule has 0 saturated carbocycles. The second kappa shape index (κ2) is 9.01. The first kappa shape index (κ1) is 22.7. The molecule has 1 fully saturated rings. The molecule has 3 rings (SSSR count). The topological polar surface area (TPSA) is 100 Å². The third kappa shape index (κ3) is 5.37. The number of carbonyl (C=O) groups is 1. The van der Waals surface area contributed by atoms with Crippen LogP contribution in [0.25, 0.3) is 0 Å². The fraction of sp³-hybridized carbons (Fsp3) is 0.421. The Morgan fingerprint density at radius 1 is 1.33 bits per heavy atom. The smallest absolute Gasteiger partial charge is 0.256 e. The number of nitrogens with one attached hydrogen (secondary N) is 3. The molecule has 1 unspecified atom stereocenters. The van der Waals surface area contributed by atoms with Gasteiger partial charge >= 0.3 is 0 Å². The molecule has 1 atom stereocenters. The molecule has 164 valence electrons. The van der Waals surface area contributed by atoms with Crippen LogP contribution in [0.3, 0.4) is 0 Å². The molecule has 2 heterocycles. The number of hydrogen-bond acceptors (Lipinski definition) is 4. The van der Waals surface area contributed by atoms with E-state index in [0.717, 1.165) is 11.6 Å². The molecule has 0 spiro atoms. The Balaban J connectivity index is 1.81. The van der Waals surface area contributed by atoms with Crippen molar-refractivity contribution in [2.45, 2.75) is 36.8 Å². The summed E-state index contributed by atoms with van der Waals surface area (Å²) < 4.78 is 58.9. The van der Waals surface area contributed by atoms with Crippen LogP contribution in [-0.2, 0) is 21.2 Å². The van der Waals surface area contributed by atoms with E-state index in [9.17, 15) is 22.0 Å². The van der Waals surface area contributed by atoms with E-state index >= 15 is 0 Å². The van der Waals surface area contributed by atoms with Gasteiger partial charge in [-0.1, -0.05) is 23.7 Å². The second-order valence-electron chi connectivity index (χ2n) is 7.27. The average Bonchev–Trinajstić information content (AvgIpc) is 3.28. The lowest BCUT2D eigenvalue weighted by molar-refractivity contribution is 0.0891. The van der Waals surface area contributed by atoms with Crippen molar-refractivity contribution in [3.8, 4) is 0 Å². The van der Waals surface area contributed by atoms with Crippen LogP contribution < -0.4 is 10.0 Å². The minimum atomic E-state index is -4.04. The maximum atomic E-state index is 13.0. The molecule has 1 aromatic carbocycles. The van der Waals surface area contributed by atoms with Gasteiger partial charge in [-0.25, -0.2) is 21.9 Å². The molecule has 0 radical (unpaired) electrons. The molecular weight excluding hydrogens is 440 g/mol. The van der Waals surface area contributed by atoms with Crippen molar-refractivity contribution in [2.75, 3.05) is 19.8 Å². The Labute approximate surface area is 178 Å². The quantitative estimate of drug-likeness (QED) is 0.562. The Kier molecular flexibility index (Phi) is 6.81. The van der Waals surface area contributed by atoms with Gasteiger partial charge < -0.3 is 15.0 Å². The number of amides is 1. The van der Waals surface area contributed by atoms with Gasteiger partial charge in [-0.05, 0) is 43.5 Å². The fourth-order valence-electron chi connectivity index (χ4n) is 3.37. The lowest BCUT2D eigenvalue weighted by atomic mass is 9.91. The molecule has 7 nitrogen and oxygen atoms in total. The SMILES string of the molecule is Cc1[nH]c(S(=O)(=O)NC2(Cc3ccc(Cl)cc3)CCOC2)cc1C(=O)NCC(F)F. The van der Waals surface area contributed by atoms with E-state index in [1.807, 2.05) is 12.1 Å². The number of alkyl halides is 2. The van der Waals surface area contributed by atoms with Crippen molar-refractivity contribution in [3.63, 3.8) is 0 Å². The monoisotopic (exact) mass is 461 g/mol. The average molecular weight is 462 g/mol. The molecular formula is C19H22ClF2N3O4S. The van der Waals surface area contributed by atoms with Gasteiger partial charge in [0, 0.05) is 17.3 Å². The molecule has 2 aromatic rings. The largest absolute Gasteiger partial charge is 0.379 e. The van der Waals surface area contributed by atoms with Gasteiger partial charge in [0.15, 0.2) is 0 Å². The van der Waals surface area contributed by atoms with Gasteiger partial charge in [0.1, 0.15) is 5.03 Å². The van der Waals surface area contributed by atoms with Gasteiger partial charge in [0.05, 0.1) is 24.3 Å². The summed E-state index contributed by atoms with van der Waals surface area (Å²) in [5.41, 5.74) is 0.286. The zero-order valence-corrected chi connectivity index (χ0v) is 17.7. The number of hydrogen-bond donors (Lipinski definition) is 3. The molecule has 30 heavy (non-hydrogen) atoms. The number of sulfonamides is 1. The van der Waals surface area contributed by atoms with Crippen molar-refractivity contribution in [1.82, 2.24) is 15.0 Å². The molecule has 1 saturated heterocycles. The predicted molar refractivity (Wildman–Crippen MR) is 108 cm³/mol. The minimum absolute atomic E-state index is 0.00884. The highest BCUT2D eigenvalue weighted by Crippen LogP contribution is 2.27. The fourth-order valence-corrected chi connectivity index (χ4v) is 4.97. The van der Waals surface area contributed by atoms with E-state index in [0.29, 0.717) is 24.5 Å². The molecule has 1 amide bonds. The third-order valence-corrected chi connectivity index (χ3v) is 6.60. The second-order valence-corrected chi connectivity index (χ2v) is 9.35. The van der Waals surface area contributed by atoms with E-state index in [1.165, 1.54) is 6.92 Å². The van der Waals surface area contributed by atoms with Crippen molar-refractivity contribution in [3.05, 3.63) is 52.2 Å². The number of carbonyl (C=O) groups excluding carboxylic acids is 1. The zero-order chi connectivity index (χ0) is 21.9. The van der Waals surface area contributed by atoms with Crippen LogP contribution in [0.5, 0.6) is 0 Å². The number of H-pyrrole nitrogens is 1. The van der Waals surface area contributed by atoms with Gasteiger partial charge in [0.25, 0.3) is 22.4 Å². The predicted octanol–water partition coefficient (Wildman–Crippen LogP) is 2.65. The van der Waals surface area contributed by atoms with Crippen LogP contribution in [0.15, 0.2) is 35.4 Å². The summed E-state index contributed by atoms with van der Waals surface area (Å²) in [6.07, 6.45) is -1.84. The number of rotatable bonds is 8. The molecule has 1 aliphatic heterocycles. The third-order valence-electron chi connectivity index (χ3n) is 4.85. The van der Waals surface area contributed by atoms with Crippen molar-refractivity contribution in [1.29, 1.82) is 0 Å². The molecule has 3 N–H and O–H groups in total. The first-order valence-corrected chi connectivity index (χ1v) is 11.1. The molecule has 0 aliphatic carbocycles. The standard InChI is InChI=1S/C19H22ClF2N3O4S/c1-12-15(18(26)23-10-16(21)22)8-17(24-12)30(27,28)25-19(6-7-29-11-19)9-13-2-4-14(20)5-3-13/h2-5,8,16,24-25H,6-7,9-11H2,1H3,(H,23,26). The van der Waals surface area contributed by atoms with Gasteiger partial charge in [0.2, 0.25) is 0 Å². The Morgan fingerprint density at radius 2 is 2.03 bits per heavy atom. The van der Waals surface area contributed by atoms with Crippen LogP contribution in [0.2, 0.25) is 5.02 Å². The molecule has 11 heteroatoms. The molecule has 1 aliphatic rings.